The molecule has 0 radical (unpaired) electrons. The van der Waals surface area contributed by atoms with Crippen molar-refractivity contribution in [3.05, 3.63) is 23.3 Å². The third kappa shape index (κ3) is 3.62. The molecule has 0 aromatic heterocycles. The number of carbonyl (C=O) groups excluding carboxylic acids is 2. The lowest BCUT2D eigenvalue weighted by atomic mass is 9.34. The Hall–Kier alpha value is -1.46. The van der Waals surface area contributed by atoms with Gasteiger partial charge in [-0.3, -0.25) is 9.59 Å². The molecule has 5 heteroatoms. The van der Waals surface area contributed by atoms with Crippen LogP contribution in [0.1, 0.15) is 93.4 Å². The van der Waals surface area contributed by atoms with Gasteiger partial charge in [0.1, 0.15) is 6.07 Å². The van der Waals surface area contributed by atoms with Crippen LogP contribution >= 0.6 is 7.14 Å². The second-order valence-electron chi connectivity index (χ2n) is 16.4. The van der Waals surface area contributed by atoms with Crippen molar-refractivity contribution in [1.29, 1.82) is 5.26 Å². The van der Waals surface area contributed by atoms with Crippen molar-refractivity contribution in [2.45, 2.75) is 93.4 Å². The molecular formula is C33H48NO3P. The number of nitrogens with zero attached hydrogens (tertiary/aromatic N) is 1. The highest BCUT2D eigenvalue weighted by atomic mass is 31.2. The number of ketones is 2. The van der Waals surface area contributed by atoms with Crippen LogP contribution in [-0.2, 0) is 14.2 Å². The highest BCUT2D eigenvalue weighted by Gasteiger charge is 2.69. The van der Waals surface area contributed by atoms with Gasteiger partial charge in [-0.05, 0) is 97.8 Å². The summed E-state index contributed by atoms with van der Waals surface area (Å²) in [5.74, 6) is 0.397. The first-order chi connectivity index (χ1) is 17.3. The summed E-state index contributed by atoms with van der Waals surface area (Å²) in [6.45, 7) is 19.5. The van der Waals surface area contributed by atoms with Gasteiger partial charge < -0.3 is 4.57 Å². The Balaban J connectivity index is 1.69. The van der Waals surface area contributed by atoms with Crippen LogP contribution in [0.3, 0.4) is 0 Å². The Bertz CT molecular complexity index is 1260. The molecule has 0 unspecified atom stereocenters. The fourth-order valence-electron chi connectivity index (χ4n) is 10.8. The van der Waals surface area contributed by atoms with Crippen molar-refractivity contribution in [3.63, 3.8) is 0 Å². The van der Waals surface area contributed by atoms with Crippen LogP contribution in [-0.4, -0.2) is 31.1 Å². The Kier molecular flexibility index (Phi) is 5.95. The molecule has 0 saturated heterocycles. The SMILES string of the molecule is CC1(C)CC[C@]2(CP(C)(C)=O)CC[C@]3(C)[C@H](C(=O)C=C4[C@@]5(C)C=C(C#N)C(=O)C(C)(C)[C@@H]5CC[C@]43C)[C@@H]2C1. The van der Waals surface area contributed by atoms with Crippen molar-refractivity contribution in [1.82, 2.24) is 0 Å². The summed E-state index contributed by atoms with van der Waals surface area (Å²) in [7, 11) is -2.27. The molecule has 5 rings (SSSR count). The van der Waals surface area contributed by atoms with Crippen molar-refractivity contribution in [3.8, 4) is 6.07 Å². The average molecular weight is 538 g/mol. The zero-order chi connectivity index (χ0) is 28.3. The monoisotopic (exact) mass is 537 g/mol. The Morgan fingerprint density at radius 1 is 0.974 bits per heavy atom. The van der Waals surface area contributed by atoms with E-state index in [9.17, 15) is 19.4 Å². The predicted molar refractivity (Wildman–Crippen MR) is 153 cm³/mol. The van der Waals surface area contributed by atoms with E-state index in [-0.39, 0.29) is 56.6 Å². The third-order valence-corrected chi connectivity index (χ3v) is 14.1. The van der Waals surface area contributed by atoms with E-state index in [1.807, 2.05) is 39.3 Å². The maximum absolute atomic E-state index is 14.5. The van der Waals surface area contributed by atoms with E-state index < -0.39 is 18.0 Å². The molecule has 0 heterocycles. The fraction of sp³-hybridized carbons (Fsp3) is 0.788. The van der Waals surface area contributed by atoms with E-state index >= 15 is 0 Å². The van der Waals surface area contributed by atoms with Crippen molar-refractivity contribution in [2.75, 3.05) is 19.5 Å². The molecule has 0 bridgehead atoms. The molecular weight excluding hydrogens is 489 g/mol. The van der Waals surface area contributed by atoms with E-state index in [0.717, 1.165) is 56.7 Å². The molecule has 208 valence electrons. The van der Waals surface area contributed by atoms with Gasteiger partial charge in [0.2, 0.25) is 0 Å². The molecule has 0 aromatic carbocycles. The topological polar surface area (TPSA) is 75.0 Å². The van der Waals surface area contributed by atoms with Gasteiger partial charge in [-0.2, -0.15) is 5.26 Å². The second-order valence-corrected chi connectivity index (χ2v) is 19.8. The van der Waals surface area contributed by atoms with E-state index in [2.05, 4.69) is 40.7 Å². The van der Waals surface area contributed by atoms with Crippen LogP contribution in [0, 0.1) is 61.6 Å². The molecule has 4 nitrogen and oxygen atoms in total. The van der Waals surface area contributed by atoms with Crippen LogP contribution in [0.15, 0.2) is 23.3 Å². The van der Waals surface area contributed by atoms with Gasteiger partial charge in [0.05, 0.1) is 12.7 Å². The van der Waals surface area contributed by atoms with Crippen molar-refractivity contribution >= 4 is 18.7 Å². The number of fused-ring (bicyclic) bond motifs is 7. The van der Waals surface area contributed by atoms with E-state index in [1.165, 1.54) is 0 Å². The summed E-state index contributed by atoms with van der Waals surface area (Å²) in [4.78, 5) is 27.7. The van der Waals surface area contributed by atoms with E-state index in [0.29, 0.717) is 0 Å². The van der Waals surface area contributed by atoms with Crippen molar-refractivity contribution < 1.29 is 14.2 Å². The highest BCUT2D eigenvalue weighted by molar-refractivity contribution is 7.62. The molecule has 0 aliphatic heterocycles. The first-order valence-corrected chi connectivity index (χ1v) is 17.5. The number of hydrogen-bond acceptors (Lipinski definition) is 4. The summed E-state index contributed by atoms with van der Waals surface area (Å²) in [6, 6.07) is 2.20. The zero-order valence-electron chi connectivity index (χ0n) is 25.2. The molecule has 3 fully saturated rings. The van der Waals surface area contributed by atoms with Crippen LogP contribution < -0.4 is 0 Å². The molecule has 38 heavy (non-hydrogen) atoms. The molecule has 3 saturated carbocycles. The first kappa shape index (κ1) is 28.1. The van der Waals surface area contributed by atoms with Gasteiger partial charge in [0, 0.05) is 22.9 Å². The van der Waals surface area contributed by atoms with Gasteiger partial charge in [-0.15, -0.1) is 0 Å². The Labute approximate surface area is 230 Å². The van der Waals surface area contributed by atoms with Gasteiger partial charge in [-0.1, -0.05) is 60.1 Å². The quantitative estimate of drug-likeness (QED) is 0.336. The van der Waals surface area contributed by atoms with Crippen LogP contribution in [0.5, 0.6) is 0 Å². The summed E-state index contributed by atoms with van der Waals surface area (Å²) >= 11 is 0. The lowest BCUT2D eigenvalue weighted by molar-refractivity contribution is -0.167. The van der Waals surface area contributed by atoms with Gasteiger partial charge >= 0.3 is 0 Å². The van der Waals surface area contributed by atoms with E-state index in [1.54, 1.807) is 0 Å². The molecule has 0 aromatic rings. The van der Waals surface area contributed by atoms with E-state index in [4.69, 9.17) is 0 Å². The minimum atomic E-state index is -2.27. The minimum Gasteiger partial charge on any atom is -0.324 e. The molecule has 0 N–H and O–H groups in total. The summed E-state index contributed by atoms with van der Waals surface area (Å²) in [5, 5.41) is 9.90. The van der Waals surface area contributed by atoms with Gasteiger partial charge in [0.15, 0.2) is 11.6 Å². The summed E-state index contributed by atoms with van der Waals surface area (Å²) in [5.41, 5.74) is 0.00383. The highest BCUT2D eigenvalue weighted by Crippen LogP contribution is 2.75. The molecule has 5 aliphatic carbocycles. The largest absolute Gasteiger partial charge is 0.324 e. The average Bonchev–Trinajstić information content (AvgIpc) is 2.78. The predicted octanol–water partition coefficient (Wildman–Crippen LogP) is 7.83. The summed E-state index contributed by atoms with van der Waals surface area (Å²) in [6.07, 6.45) is 11.7. The van der Waals surface area contributed by atoms with Gasteiger partial charge in [0.25, 0.3) is 0 Å². The number of hydrogen-bond donors (Lipinski definition) is 0. The van der Waals surface area contributed by atoms with Crippen LogP contribution in [0.25, 0.3) is 0 Å². The lowest BCUT2D eigenvalue weighted by Gasteiger charge is -2.69. The van der Waals surface area contributed by atoms with Crippen molar-refractivity contribution in [2.24, 2.45) is 50.2 Å². The fourth-order valence-corrected chi connectivity index (χ4v) is 12.8. The molecule has 5 aliphatic rings. The third-order valence-electron chi connectivity index (χ3n) is 12.7. The number of nitriles is 1. The number of allylic oxidation sites excluding steroid dienone is 4. The minimum absolute atomic E-state index is 0.0235. The first-order valence-electron chi connectivity index (χ1n) is 14.7. The Morgan fingerprint density at radius 3 is 2.21 bits per heavy atom. The molecule has 7 atom stereocenters. The molecule has 0 spiro atoms. The normalized spacial score (nSPS) is 45.4. The smallest absolute Gasteiger partial charge is 0.178 e. The maximum Gasteiger partial charge on any atom is 0.178 e. The van der Waals surface area contributed by atoms with Crippen LogP contribution in [0.2, 0.25) is 0 Å². The van der Waals surface area contributed by atoms with Crippen LogP contribution in [0.4, 0.5) is 0 Å². The number of rotatable bonds is 2. The van der Waals surface area contributed by atoms with Gasteiger partial charge in [-0.25, -0.2) is 0 Å². The number of carbonyl (C=O) groups is 2. The maximum atomic E-state index is 14.5. The second kappa shape index (κ2) is 8.06. The standard InChI is InChI=1S/C33H48NO3P/c1-28(2)12-14-33(20-38(8,9)37)15-13-32(7)26(22(33)18-28)23(35)16-25-30(5)17-21(19-34)27(36)29(3,4)24(30)10-11-31(25,32)6/h16-17,22,24,26H,10-15,18,20H2,1-9H3/t22-,24-,26-,30-,31+,32+,33+/m0/s1. The zero-order valence-corrected chi connectivity index (χ0v) is 26.1. The molecule has 0 amide bonds. The summed E-state index contributed by atoms with van der Waals surface area (Å²) < 4.78 is 13.3. The Morgan fingerprint density at radius 2 is 1.61 bits per heavy atom. The number of Topliss-reactive ketones (excluding diaryl/α,β-unsaturated/α-hetero) is 1. The lowest BCUT2D eigenvalue weighted by Crippen LogP contribution is -2.65.